The Morgan fingerprint density at radius 3 is 2.35 bits per heavy atom. The van der Waals surface area contributed by atoms with Gasteiger partial charge >= 0.3 is 6.18 Å². The van der Waals surface area contributed by atoms with Gasteiger partial charge in [-0.2, -0.15) is 13.2 Å². The molecule has 0 unspecified atom stereocenters. The van der Waals surface area contributed by atoms with Crippen LogP contribution >= 0.6 is 11.3 Å². The number of aromatic nitrogens is 1. The van der Waals surface area contributed by atoms with Crippen molar-refractivity contribution in [1.29, 1.82) is 0 Å². The normalized spacial score (nSPS) is 13.1. The molecule has 0 fully saturated rings. The van der Waals surface area contributed by atoms with Crippen LogP contribution in [0.5, 0.6) is 0 Å². The van der Waals surface area contributed by atoms with Crippen molar-refractivity contribution in [1.82, 2.24) is 15.6 Å². The van der Waals surface area contributed by atoms with E-state index in [-0.39, 0.29) is 0 Å². The molecule has 0 amide bonds. The highest BCUT2D eigenvalue weighted by Gasteiger charge is 2.33. The lowest BCUT2D eigenvalue weighted by atomic mass is 9.93. The number of guanidine groups is 1. The van der Waals surface area contributed by atoms with Gasteiger partial charge < -0.3 is 15.7 Å². The van der Waals surface area contributed by atoms with E-state index < -0.39 is 17.5 Å². The number of hydrogen-bond donors (Lipinski definition) is 3. The third-order valence-electron chi connectivity index (χ3n) is 3.78. The predicted molar refractivity (Wildman–Crippen MR) is 99.6 cm³/mol. The van der Waals surface area contributed by atoms with Crippen molar-refractivity contribution in [2.45, 2.75) is 64.7 Å². The SMILES string of the molecule is CCCC(O)(CCC)CN=C(NCC)NCCc1nc(C(F)(F)F)cs1. The summed E-state index contributed by atoms with van der Waals surface area (Å²) >= 11 is 1.00. The van der Waals surface area contributed by atoms with E-state index in [0.717, 1.165) is 29.6 Å². The molecule has 9 heteroatoms. The number of aliphatic imine (C=N–C) groups is 1. The monoisotopic (exact) mass is 394 g/mol. The Kier molecular flexibility index (Phi) is 9.35. The molecule has 1 rings (SSSR count). The second-order valence-electron chi connectivity index (χ2n) is 6.22. The van der Waals surface area contributed by atoms with Gasteiger partial charge in [-0.25, -0.2) is 4.98 Å². The maximum atomic E-state index is 12.6. The molecule has 1 heterocycles. The molecule has 0 aliphatic rings. The molecule has 0 bridgehead atoms. The van der Waals surface area contributed by atoms with Gasteiger partial charge in [0.1, 0.15) is 0 Å². The van der Waals surface area contributed by atoms with Crippen molar-refractivity contribution in [3.05, 3.63) is 16.1 Å². The van der Waals surface area contributed by atoms with E-state index in [1.54, 1.807) is 0 Å². The molecule has 0 radical (unpaired) electrons. The topological polar surface area (TPSA) is 69.5 Å². The summed E-state index contributed by atoms with van der Waals surface area (Å²) in [5, 5.41) is 18.3. The molecule has 0 saturated carbocycles. The van der Waals surface area contributed by atoms with E-state index >= 15 is 0 Å². The van der Waals surface area contributed by atoms with Gasteiger partial charge in [0, 0.05) is 24.9 Å². The smallest absolute Gasteiger partial charge is 0.388 e. The number of aliphatic hydroxyl groups is 1. The van der Waals surface area contributed by atoms with Gasteiger partial charge in [-0.05, 0) is 19.8 Å². The molecule has 0 saturated heterocycles. The number of thiazole rings is 1. The van der Waals surface area contributed by atoms with Crippen molar-refractivity contribution in [2.75, 3.05) is 19.6 Å². The highest BCUT2D eigenvalue weighted by atomic mass is 32.1. The fourth-order valence-corrected chi connectivity index (χ4v) is 3.43. The second-order valence-corrected chi connectivity index (χ2v) is 7.16. The molecule has 0 aromatic carbocycles. The molecular weight excluding hydrogens is 365 g/mol. The molecular formula is C17H29F3N4OS. The van der Waals surface area contributed by atoms with Crippen LogP contribution in [0.15, 0.2) is 10.4 Å². The maximum absolute atomic E-state index is 12.6. The van der Waals surface area contributed by atoms with Crippen LogP contribution in [-0.2, 0) is 12.6 Å². The largest absolute Gasteiger partial charge is 0.434 e. The van der Waals surface area contributed by atoms with Crippen molar-refractivity contribution >= 4 is 17.3 Å². The zero-order chi connectivity index (χ0) is 19.6. The standard InChI is InChI=1S/C17H29F3N4OS/c1-4-8-16(25,9-5-2)12-23-15(21-6-3)22-10-7-14-24-13(11-26-14)17(18,19)20/h11,25H,4-10,12H2,1-3H3,(H2,21,22,23). The van der Waals surface area contributed by atoms with Crippen LogP contribution < -0.4 is 10.6 Å². The van der Waals surface area contributed by atoms with Gasteiger partial charge in [0.25, 0.3) is 0 Å². The van der Waals surface area contributed by atoms with E-state index in [1.807, 2.05) is 20.8 Å². The molecule has 1 aromatic rings. The van der Waals surface area contributed by atoms with Crippen LogP contribution in [0.4, 0.5) is 13.2 Å². The summed E-state index contributed by atoms with van der Waals surface area (Å²) in [4.78, 5) is 8.06. The summed E-state index contributed by atoms with van der Waals surface area (Å²) in [6.45, 7) is 7.34. The van der Waals surface area contributed by atoms with Gasteiger partial charge in [0.2, 0.25) is 0 Å². The zero-order valence-corrected chi connectivity index (χ0v) is 16.4. The van der Waals surface area contributed by atoms with E-state index in [9.17, 15) is 18.3 Å². The third kappa shape index (κ3) is 7.90. The zero-order valence-electron chi connectivity index (χ0n) is 15.6. The maximum Gasteiger partial charge on any atom is 0.434 e. The first-order valence-corrected chi connectivity index (χ1v) is 9.88. The fourth-order valence-electron chi connectivity index (χ4n) is 2.63. The van der Waals surface area contributed by atoms with Gasteiger partial charge in [0.15, 0.2) is 11.7 Å². The lowest BCUT2D eigenvalue weighted by Crippen LogP contribution is -2.40. The van der Waals surface area contributed by atoms with E-state index in [2.05, 4.69) is 20.6 Å². The average molecular weight is 395 g/mol. The Morgan fingerprint density at radius 1 is 1.19 bits per heavy atom. The molecule has 0 aliphatic heterocycles. The van der Waals surface area contributed by atoms with Crippen LogP contribution in [0, 0.1) is 0 Å². The number of rotatable bonds is 10. The minimum atomic E-state index is -4.40. The number of alkyl halides is 3. The molecule has 3 N–H and O–H groups in total. The number of nitrogens with zero attached hydrogens (tertiary/aromatic N) is 2. The molecule has 0 aliphatic carbocycles. The van der Waals surface area contributed by atoms with Crippen LogP contribution in [-0.4, -0.2) is 41.3 Å². The molecule has 0 spiro atoms. The fraction of sp³-hybridized carbons (Fsp3) is 0.765. The number of nitrogens with one attached hydrogen (secondary N) is 2. The highest BCUT2D eigenvalue weighted by Crippen LogP contribution is 2.30. The highest BCUT2D eigenvalue weighted by molar-refractivity contribution is 7.09. The average Bonchev–Trinajstić information content (AvgIpc) is 3.02. The second kappa shape index (κ2) is 10.7. The lowest BCUT2D eigenvalue weighted by Gasteiger charge is -2.26. The van der Waals surface area contributed by atoms with Gasteiger partial charge in [-0.3, -0.25) is 4.99 Å². The van der Waals surface area contributed by atoms with Gasteiger partial charge in [0.05, 0.1) is 17.2 Å². The Balaban J connectivity index is 2.60. The molecule has 0 atom stereocenters. The molecule has 26 heavy (non-hydrogen) atoms. The third-order valence-corrected chi connectivity index (χ3v) is 4.69. The molecule has 1 aromatic heterocycles. The van der Waals surface area contributed by atoms with Crippen LogP contribution in [0.1, 0.15) is 57.2 Å². The van der Waals surface area contributed by atoms with Crippen LogP contribution in [0.25, 0.3) is 0 Å². The minimum Gasteiger partial charge on any atom is -0.388 e. The van der Waals surface area contributed by atoms with Gasteiger partial charge in [-0.1, -0.05) is 26.7 Å². The van der Waals surface area contributed by atoms with Crippen molar-refractivity contribution < 1.29 is 18.3 Å². The first kappa shape index (κ1) is 22.7. The van der Waals surface area contributed by atoms with Crippen molar-refractivity contribution in [2.24, 2.45) is 4.99 Å². The predicted octanol–water partition coefficient (Wildman–Crippen LogP) is 3.59. The Bertz CT molecular complexity index is 554. The van der Waals surface area contributed by atoms with Crippen LogP contribution in [0.3, 0.4) is 0 Å². The van der Waals surface area contributed by atoms with Gasteiger partial charge in [-0.15, -0.1) is 11.3 Å². The molecule has 150 valence electrons. The van der Waals surface area contributed by atoms with Crippen molar-refractivity contribution in [3.8, 4) is 0 Å². The quantitative estimate of drug-likeness (QED) is 0.419. The van der Waals surface area contributed by atoms with E-state index in [1.165, 1.54) is 0 Å². The summed E-state index contributed by atoms with van der Waals surface area (Å²) in [6.07, 6.45) is -0.907. The van der Waals surface area contributed by atoms with E-state index in [0.29, 0.717) is 49.9 Å². The number of halogens is 3. The Labute approximate surface area is 157 Å². The van der Waals surface area contributed by atoms with E-state index in [4.69, 9.17) is 0 Å². The van der Waals surface area contributed by atoms with Crippen LogP contribution in [0.2, 0.25) is 0 Å². The summed E-state index contributed by atoms with van der Waals surface area (Å²) in [5.41, 5.74) is -1.66. The number of hydrogen-bond acceptors (Lipinski definition) is 4. The summed E-state index contributed by atoms with van der Waals surface area (Å²) in [5.74, 6) is 0.547. The first-order chi connectivity index (χ1) is 12.2. The summed E-state index contributed by atoms with van der Waals surface area (Å²) in [6, 6.07) is 0. The molecule has 5 nitrogen and oxygen atoms in total. The Morgan fingerprint density at radius 2 is 1.85 bits per heavy atom. The summed E-state index contributed by atoms with van der Waals surface area (Å²) < 4.78 is 37.7. The first-order valence-electron chi connectivity index (χ1n) is 9.00. The Hall–Kier alpha value is -1.35. The minimum absolute atomic E-state index is 0.291. The van der Waals surface area contributed by atoms with Crippen molar-refractivity contribution in [3.63, 3.8) is 0 Å². The summed E-state index contributed by atoms with van der Waals surface area (Å²) in [7, 11) is 0. The lowest BCUT2D eigenvalue weighted by molar-refractivity contribution is -0.140.